The molecule has 2 amide bonds. The molecule has 29 heavy (non-hydrogen) atoms. The first-order valence-corrected chi connectivity index (χ1v) is 9.30. The lowest BCUT2D eigenvalue weighted by Crippen LogP contribution is -2.36. The number of aromatic nitrogens is 3. The minimum Gasteiger partial charge on any atom is -0.494 e. The Balaban J connectivity index is 1.49. The summed E-state index contributed by atoms with van der Waals surface area (Å²) in [4.78, 5) is 32.7. The van der Waals surface area contributed by atoms with Crippen LogP contribution in [0, 0.1) is 6.92 Å². The molecule has 0 saturated carbocycles. The maximum Gasteiger partial charge on any atom is 0.251 e. The molecule has 0 fully saturated rings. The van der Waals surface area contributed by atoms with Gasteiger partial charge in [0.1, 0.15) is 17.4 Å². The first kappa shape index (κ1) is 20.1. The first-order chi connectivity index (χ1) is 14.1. The molecule has 150 valence electrons. The summed E-state index contributed by atoms with van der Waals surface area (Å²) in [6.07, 6.45) is 5.22. The van der Waals surface area contributed by atoms with Crippen LogP contribution in [0.2, 0.25) is 0 Å². The van der Waals surface area contributed by atoms with E-state index in [0.29, 0.717) is 24.5 Å². The third kappa shape index (κ3) is 5.41. The van der Waals surface area contributed by atoms with Crippen LogP contribution < -0.4 is 15.4 Å². The summed E-state index contributed by atoms with van der Waals surface area (Å²) < 4.78 is 7.21. The zero-order valence-corrected chi connectivity index (χ0v) is 16.4. The van der Waals surface area contributed by atoms with Crippen molar-refractivity contribution in [3.8, 4) is 11.6 Å². The number of ether oxygens (including phenoxy) is 1. The number of imidazole rings is 1. The summed E-state index contributed by atoms with van der Waals surface area (Å²) >= 11 is 0. The molecule has 0 unspecified atom stereocenters. The molecule has 1 aromatic carbocycles. The van der Waals surface area contributed by atoms with E-state index in [2.05, 4.69) is 20.6 Å². The minimum atomic E-state index is -0.315. The number of nitrogens with one attached hydrogen (secondary N) is 2. The second kappa shape index (κ2) is 9.50. The van der Waals surface area contributed by atoms with Gasteiger partial charge in [0.25, 0.3) is 5.91 Å². The Hall–Kier alpha value is -3.68. The lowest BCUT2D eigenvalue weighted by atomic mass is 10.2. The molecule has 0 aliphatic rings. The third-order valence-electron chi connectivity index (χ3n) is 4.21. The number of benzene rings is 1. The van der Waals surface area contributed by atoms with Gasteiger partial charge in [-0.1, -0.05) is 0 Å². The predicted octanol–water partition coefficient (Wildman–Crippen LogP) is 2.02. The van der Waals surface area contributed by atoms with Gasteiger partial charge in [0, 0.05) is 30.7 Å². The normalized spacial score (nSPS) is 10.4. The van der Waals surface area contributed by atoms with Gasteiger partial charge in [0.05, 0.1) is 13.2 Å². The summed E-state index contributed by atoms with van der Waals surface area (Å²) in [6.45, 7) is 4.58. The molecule has 8 heteroatoms. The van der Waals surface area contributed by atoms with Crippen molar-refractivity contribution in [1.82, 2.24) is 25.2 Å². The van der Waals surface area contributed by atoms with Gasteiger partial charge < -0.3 is 15.4 Å². The fourth-order valence-electron chi connectivity index (χ4n) is 2.72. The zero-order valence-electron chi connectivity index (χ0n) is 16.4. The van der Waals surface area contributed by atoms with Crippen LogP contribution in [0.5, 0.6) is 5.75 Å². The molecule has 0 spiro atoms. The van der Waals surface area contributed by atoms with Gasteiger partial charge in [-0.3, -0.25) is 14.2 Å². The molecular formula is C21H23N5O3. The van der Waals surface area contributed by atoms with Crippen molar-refractivity contribution in [2.24, 2.45) is 0 Å². The van der Waals surface area contributed by atoms with Crippen molar-refractivity contribution in [3.05, 3.63) is 71.9 Å². The average Bonchev–Trinajstić information content (AvgIpc) is 3.17. The highest BCUT2D eigenvalue weighted by Crippen LogP contribution is 2.12. The van der Waals surface area contributed by atoms with Crippen molar-refractivity contribution >= 4 is 11.8 Å². The number of amides is 2. The van der Waals surface area contributed by atoms with E-state index in [9.17, 15) is 9.59 Å². The molecule has 0 saturated heterocycles. The maximum absolute atomic E-state index is 12.2. The fraction of sp³-hybridized carbons (Fsp3) is 0.238. The van der Waals surface area contributed by atoms with E-state index in [1.165, 1.54) is 0 Å². The summed E-state index contributed by atoms with van der Waals surface area (Å²) in [5.74, 6) is 1.67. The maximum atomic E-state index is 12.2. The number of pyridine rings is 1. The molecule has 0 aliphatic carbocycles. The zero-order chi connectivity index (χ0) is 20.6. The standard InChI is InChI=1S/C21H23N5O3/c1-3-29-18-6-4-17(5-7-18)21(28)25-14-20(27)24-13-16-8-9-23-19(12-16)26-11-10-22-15(26)2/h4-12H,3,13-14H2,1-2H3,(H,24,27)(H,25,28). The summed E-state index contributed by atoms with van der Waals surface area (Å²) in [7, 11) is 0. The van der Waals surface area contributed by atoms with Crippen LogP contribution in [-0.2, 0) is 11.3 Å². The Morgan fingerprint density at radius 1 is 1.07 bits per heavy atom. The minimum absolute atomic E-state index is 0.107. The lowest BCUT2D eigenvalue weighted by Gasteiger charge is -2.09. The second-order valence-electron chi connectivity index (χ2n) is 6.28. The van der Waals surface area contributed by atoms with E-state index in [0.717, 1.165) is 17.2 Å². The highest BCUT2D eigenvalue weighted by Gasteiger charge is 2.09. The lowest BCUT2D eigenvalue weighted by molar-refractivity contribution is -0.120. The highest BCUT2D eigenvalue weighted by molar-refractivity contribution is 5.96. The van der Waals surface area contributed by atoms with E-state index in [1.807, 2.05) is 36.7 Å². The number of hydrogen-bond acceptors (Lipinski definition) is 5. The van der Waals surface area contributed by atoms with Gasteiger partial charge in [-0.2, -0.15) is 0 Å². The van der Waals surface area contributed by atoms with Gasteiger partial charge in [-0.05, 0) is 55.8 Å². The van der Waals surface area contributed by atoms with E-state index < -0.39 is 0 Å². The third-order valence-corrected chi connectivity index (χ3v) is 4.21. The number of rotatable bonds is 8. The number of nitrogens with zero attached hydrogens (tertiary/aromatic N) is 3. The molecular weight excluding hydrogens is 370 g/mol. The van der Waals surface area contributed by atoms with E-state index in [-0.39, 0.29) is 18.4 Å². The smallest absolute Gasteiger partial charge is 0.251 e. The largest absolute Gasteiger partial charge is 0.494 e. The summed E-state index contributed by atoms with van der Waals surface area (Å²) in [5, 5.41) is 5.40. The summed E-state index contributed by atoms with van der Waals surface area (Å²) in [5.41, 5.74) is 1.37. The summed E-state index contributed by atoms with van der Waals surface area (Å²) in [6, 6.07) is 10.5. The molecule has 0 bridgehead atoms. The Labute approximate surface area is 168 Å². The van der Waals surface area contributed by atoms with Gasteiger partial charge in [-0.15, -0.1) is 0 Å². The second-order valence-corrected chi connectivity index (χ2v) is 6.28. The SMILES string of the molecule is CCOc1ccc(C(=O)NCC(=O)NCc2ccnc(-n3ccnc3C)c2)cc1. The van der Waals surface area contributed by atoms with Gasteiger partial charge in [0.2, 0.25) is 5.91 Å². The number of carbonyl (C=O) groups is 2. The topological polar surface area (TPSA) is 98.1 Å². The molecule has 3 rings (SSSR count). The number of hydrogen-bond donors (Lipinski definition) is 2. The van der Waals surface area contributed by atoms with Gasteiger partial charge in [0.15, 0.2) is 0 Å². The molecule has 2 N–H and O–H groups in total. The predicted molar refractivity (Wildman–Crippen MR) is 108 cm³/mol. The molecule has 0 radical (unpaired) electrons. The molecule has 2 heterocycles. The Morgan fingerprint density at radius 2 is 1.86 bits per heavy atom. The van der Waals surface area contributed by atoms with Crippen molar-refractivity contribution in [2.75, 3.05) is 13.2 Å². The Kier molecular flexibility index (Phi) is 6.57. The molecule has 0 aliphatic heterocycles. The highest BCUT2D eigenvalue weighted by atomic mass is 16.5. The van der Waals surface area contributed by atoms with Crippen molar-refractivity contribution in [3.63, 3.8) is 0 Å². The quantitative estimate of drug-likeness (QED) is 0.610. The molecule has 2 aromatic heterocycles. The molecule has 0 atom stereocenters. The van der Waals surface area contributed by atoms with Gasteiger partial charge >= 0.3 is 0 Å². The average molecular weight is 393 g/mol. The van der Waals surface area contributed by atoms with Crippen molar-refractivity contribution in [1.29, 1.82) is 0 Å². The van der Waals surface area contributed by atoms with E-state index >= 15 is 0 Å². The first-order valence-electron chi connectivity index (χ1n) is 9.30. The Morgan fingerprint density at radius 3 is 2.55 bits per heavy atom. The molecule has 3 aromatic rings. The van der Waals surface area contributed by atoms with Crippen LogP contribution in [0.25, 0.3) is 5.82 Å². The Bertz CT molecular complexity index is 982. The fourth-order valence-corrected chi connectivity index (χ4v) is 2.72. The van der Waals surface area contributed by atoms with E-state index in [4.69, 9.17) is 4.74 Å². The van der Waals surface area contributed by atoms with E-state index in [1.54, 1.807) is 36.7 Å². The monoisotopic (exact) mass is 393 g/mol. The van der Waals surface area contributed by atoms with Crippen LogP contribution in [0.15, 0.2) is 55.0 Å². The van der Waals surface area contributed by atoms with Crippen LogP contribution in [0.1, 0.15) is 28.7 Å². The van der Waals surface area contributed by atoms with Gasteiger partial charge in [-0.25, -0.2) is 9.97 Å². The number of carbonyl (C=O) groups excluding carboxylic acids is 2. The van der Waals surface area contributed by atoms with Crippen LogP contribution in [-0.4, -0.2) is 39.5 Å². The van der Waals surface area contributed by atoms with Crippen LogP contribution in [0.3, 0.4) is 0 Å². The number of aryl methyl sites for hydroxylation is 1. The molecule has 8 nitrogen and oxygen atoms in total. The van der Waals surface area contributed by atoms with Crippen molar-refractivity contribution < 1.29 is 14.3 Å². The van der Waals surface area contributed by atoms with Crippen LogP contribution >= 0.6 is 0 Å². The van der Waals surface area contributed by atoms with Crippen molar-refractivity contribution in [2.45, 2.75) is 20.4 Å². The van der Waals surface area contributed by atoms with Crippen LogP contribution in [0.4, 0.5) is 0 Å².